The minimum atomic E-state index is 0.558. The van der Waals surface area contributed by atoms with E-state index in [1.165, 1.54) is 51.4 Å². The van der Waals surface area contributed by atoms with Gasteiger partial charge in [0.15, 0.2) is 0 Å². The maximum absolute atomic E-state index is 8.54. The molecule has 1 rings (SSSR count). The third-order valence-corrected chi connectivity index (χ3v) is 4.83. The molecule has 0 spiro atoms. The van der Waals surface area contributed by atoms with Crippen molar-refractivity contribution in [2.24, 2.45) is 17.8 Å². The summed E-state index contributed by atoms with van der Waals surface area (Å²) >= 11 is 0. The highest BCUT2D eigenvalue weighted by Gasteiger charge is 2.24. The molecular formula is C18H30N2O2. The molecule has 0 radical (unpaired) electrons. The van der Waals surface area contributed by atoms with Crippen molar-refractivity contribution in [2.45, 2.75) is 71.1 Å². The highest BCUT2D eigenvalue weighted by atomic mass is 16.5. The Balaban J connectivity index is 2.35. The average Bonchev–Trinajstić information content (AvgIpc) is 2.54. The van der Waals surface area contributed by atoms with Crippen LogP contribution in [0.2, 0.25) is 0 Å². The fraction of sp³-hybridized carbons (Fsp3) is 0.889. The lowest BCUT2D eigenvalue weighted by Gasteiger charge is -2.31. The lowest BCUT2D eigenvalue weighted by molar-refractivity contribution is 0.138. The van der Waals surface area contributed by atoms with Gasteiger partial charge in [0.25, 0.3) is 12.5 Å². The quantitative estimate of drug-likeness (QED) is 0.407. The fourth-order valence-corrected chi connectivity index (χ4v) is 3.76. The number of rotatable bonds is 11. The number of ether oxygens (including phenoxy) is 2. The van der Waals surface area contributed by atoms with Crippen molar-refractivity contribution in [3.8, 4) is 12.5 Å². The van der Waals surface area contributed by atoms with E-state index in [9.17, 15) is 0 Å². The van der Waals surface area contributed by atoms with E-state index in [1.54, 1.807) is 12.5 Å². The smallest absolute Gasteiger partial charge is 0.286 e. The monoisotopic (exact) mass is 306 g/mol. The molecule has 0 N–H and O–H groups in total. The second-order valence-corrected chi connectivity index (χ2v) is 6.63. The molecule has 1 fully saturated rings. The molecule has 22 heavy (non-hydrogen) atoms. The summed E-state index contributed by atoms with van der Waals surface area (Å²) in [5, 5.41) is 17.0. The van der Waals surface area contributed by atoms with E-state index < -0.39 is 0 Å². The van der Waals surface area contributed by atoms with Crippen LogP contribution in [0.3, 0.4) is 0 Å². The zero-order chi connectivity index (χ0) is 16.0. The molecule has 1 aliphatic carbocycles. The molecule has 0 amide bonds. The van der Waals surface area contributed by atoms with Crippen LogP contribution in [0.1, 0.15) is 71.1 Å². The Morgan fingerprint density at radius 3 is 2.50 bits per heavy atom. The van der Waals surface area contributed by atoms with E-state index in [-0.39, 0.29) is 0 Å². The van der Waals surface area contributed by atoms with Gasteiger partial charge in [-0.1, -0.05) is 39.0 Å². The average molecular weight is 306 g/mol. The maximum atomic E-state index is 8.54. The van der Waals surface area contributed by atoms with Crippen LogP contribution in [-0.2, 0) is 9.47 Å². The van der Waals surface area contributed by atoms with Gasteiger partial charge in [-0.05, 0) is 49.9 Å². The first-order chi connectivity index (χ1) is 10.8. The van der Waals surface area contributed by atoms with Crippen LogP contribution in [0.4, 0.5) is 0 Å². The highest BCUT2D eigenvalue weighted by Crippen LogP contribution is 2.35. The minimum absolute atomic E-state index is 0.558. The molecule has 0 bridgehead atoms. The van der Waals surface area contributed by atoms with E-state index >= 15 is 0 Å². The third kappa shape index (κ3) is 8.13. The minimum Gasteiger partial charge on any atom is -0.428 e. The molecule has 0 heterocycles. The molecule has 0 aliphatic heterocycles. The molecule has 4 nitrogen and oxygen atoms in total. The fourth-order valence-electron chi connectivity index (χ4n) is 3.76. The van der Waals surface area contributed by atoms with Crippen molar-refractivity contribution in [3.05, 3.63) is 0 Å². The largest absolute Gasteiger partial charge is 0.428 e. The van der Waals surface area contributed by atoms with Gasteiger partial charge in [0, 0.05) is 0 Å². The van der Waals surface area contributed by atoms with Crippen molar-refractivity contribution < 1.29 is 9.47 Å². The summed E-state index contributed by atoms with van der Waals surface area (Å²) in [6.45, 7) is 3.40. The Labute approximate surface area is 135 Å². The molecule has 124 valence electrons. The van der Waals surface area contributed by atoms with Gasteiger partial charge in [-0.15, -0.1) is 0 Å². The van der Waals surface area contributed by atoms with Crippen molar-refractivity contribution in [2.75, 3.05) is 13.2 Å². The first kappa shape index (κ1) is 18.6. The molecule has 3 atom stereocenters. The van der Waals surface area contributed by atoms with E-state index in [4.69, 9.17) is 20.0 Å². The van der Waals surface area contributed by atoms with E-state index in [0.29, 0.717) is 19.1 Å². The predicted molar refractivity (Wildman–Crippen MR) is 85.4 cm³/mol. The SMILES string of the molecule is CCCCC(CCCOC#N)CC1CCCC(COC#N)C1. The Morgan fingerprint density at radius 2 is 1.77 bits per heavy atom. The molecule has 0 saturated heterocycles. The Kier molecular flexibility index (Phi) is 10.3. The van der Waals surface area contributed by atoms with Crippen LogP contribution in [-0.4, -0.2) is 13.2 Å². The van der Waals surface area contributed by atoms with Crippen molar-refractivity contribution in [1.82, 2.24) is 0 Å². The first-order valence-corrected chi connectivity index (χ1v) is 8.81. The van der Waals surface area contributed by atoms with Gasteiger partial charge >= 0.3 is 0 Å². The van der Waals surface area contributed by atoms with Crippen LogP contribution in [0.15, 0.2) is 0 Å². The van der Waals surface area contributed by atoms with Crippen LogP contribution in [0.5, 0.6) is 0 Å². The van der Waals surface area contributed by atoms with Crippen LogP contribution in [0.25, 0.3) is 0 Å². The van der Waals surface area contributed by atoms with Crippen LogP contribution >= 0.6 is 0 Å². The molecule has 0 aromatic carbocycles. The molecule has 1 aliphatic rings. The molecule has 4 heteroatoms. The Morgan fingerprint density at radius 1 is 1.05 bits per heavy atom. The van der Waals surface area contributed by atoms with Crippen molar-refractivity contribution >= 4 is 0 Å². The summed E-state index contributed by atoms with van der Waals surface area (Å²) in [7, 11) is 0. The van der Waals surface area contributed by atoms with E-state index in [1.807, 2.05) is 0 Å². The highest BCUT2D eigenvalue weighted by molar-refractivity contribution is 4.76. The van der Waals surface area contributed by atoms with E-state index in [0.717, 1.165) is 24.7 Å². The normalized spacial score (nSPS) is 22.3. The second-order valence-electron chi connectivity index (χ2n) is 6.63. The standard InChI is InChI=1S/C18H30N2O2/c1-2-3-6-16(9-5-10-21-14-19)11-17-7-4-8-18(12-17)13-22-15-20/h16-18H,2-13H2,1H3. The zero-order valence-corrected chi connectivity index (χ0v) is 13.9. The summed E-state index contributed by atoms with van der Waals surface area (Å²) in [4.78, 5) is 0. The first-order valence-electron chi connectivity index (χ1n) is 8.81. The third-order valence-electron chi connectivity index (χ3n) is 4.83. The van der Waals surface area contributed by atoms with Gasteiger partial charge in [0.05, 0.1) is 0 Å². The molecule has 0 aromatic rings. The second kappa shape index (κ2) is 12.2. The van der Waals surface area contributed by atoms with E-state index in [2.05, 4.69) is 6.92 Å². The Hall–Kier alpha value is -1.42. The number of unbranched alkanes of at least 4 members (excludes halogenated alkanes) is 1. The Bertz CT molecular complexity index is 359. The molecule has 3 unspecified atom stereocenters. The summed E-state index contributed by atoms with van der Waals surface area (Å²) in [5.41, 5.74) is 0. The lowest BCUT2D eigenvalue weighted by atomic mass is 9.76. The molecule has 0 aromatic heterocycles. The molecular weight excluding hydrogens is 276 g/mol. The van der Waals surface area contributed by atoms with Gasteiger partial charge in [-0.25, -0.2) is 0 Å². The van der Waals surface area contributed by atoms with Crippen molar-refractivity contribution in [1.29, 1.82) is 10.5 Å². The zero-order valence-electron chi connectivity index (χ0n) is 13.9. The summed E-state index contributed by atoms with van der Waals surface area (Å²) in [5.74, 6) is 2.09. The van der Waals surface area contributed by atoms with Crippen molar-refractivity contribution in [3.63, 3.8) is 0 Å². The topological polar surface area (TPSA) is 66.0 Å². The van der Waals surface area contributed by atoms with Gasteiger partial charge in [-0.3, -0.25) is 0 Å². The predicted octanol–water partition coefficient (Wildman–Crippen LogP) is 4.76. The summed E-state index contributed by atoms with van der Waals surface area (Å²) < 4.78 is 9.74. The molecule has 1 saturated carbocycles. The van der Waals surface area contributed by atoms with Gasteiger partial charge in [0.1, 0.15) is 13.2 Å². The number of nitriles is 2. The maximum Gasteiger partial charge on any atom is 0.286 e. The number of hydrogen-bond acceptors (Lipinski definition) is 4. The van der Waals surface area contributed by atoms with Crippen LogP contribution < -0.4 is 0 Å². The van der Waals surface area contributed by atoms with Gasteiger partial charge < -0.3 is 9.47 Å². The lowest BCUT2D eigenvalue weighted by Crippen LogP contribution is -2.21. The van der Waals surface area contributed by atoms with Gasteiger partial charge in [0.2, 0.25) is 0 Å². The van der Waals surface area contributed by atoms with Crippen LogP contribution in [0, 0.1) is 40.8 Å². The number of nitrogens with zero attached hydrogens (tertiary/aromatic N) is 2. The summed E-state index contributed by atoms with van der Waals surface area (Å²) in [6.07, 6.45) is 15.8. The number of hydrogen-bond donors (Lipinski definition) is 0. The van der Waals surface area contributed by atoms with Gasteiger partial charge in [-0.2, -0.15) is 10.5 Å². The summed E-state index contributed by atoms with van der Waals surface area (Å²) in [6, 6.07) is 0.